The van der Waals surface area contributed by atoms with Crippen molar-refractivity contribution in [2.45, 2.75) is 13.0 Å². The van der Waals surface area contributed by atoms with Crippen LogP contribution in [0.3, 0.4) is 0 Å². The summed E-state index contributed by atoms with van der Waals surface area (Å²) in [6, 6.07) is 11.9. The summed E-state index contributed by atoms with van der Waals surface area (Å²) in [5.74, 6) is -1.06. The monoisotopic (exact) mass is 365 g/mol. The van der Waals surface area contributed by atoms with E-state index in [1.807, 2.05) is 12.3 Å². The smallest absolute Gasteiger partial charge is 0.126 e. The molecule has 4 rings (SSSR count). The van der Waals surface area contributed by atoms with Crippen molar-refractivity contribution >= 4 is 16.6 Å². The highest BCUT2D eigenvalue weighted by Crippen LogP contribution is 2.36. The Bertz CT molecular complexity index is 1000. The van der Waals surface area contributed by atoms with Gasteiger partial charge >= 0.3 is 0 Å². The number of hydrogen-bond acceptors (Lipinski definition) is 2. The van der Waals surface area contributed by atoms with Crippen molar-refractivity contribution in [3.8, 4) is 0 Å². The number of aromatic amines is 1. The van der Waals surface area contributed by atoms with Crippen molar-refractivity contribution in [2.24, 2.45) is 5.92 Å². The first kappa shape index (κ1) is 17.3. The molecule has 2 heterocycles. The molecule has 2 aromatic carbocycles. The highest BCUT2D eigenvalue weighted by Gasteiger charge is 2.29. The van der Waals surface area contributed by atoms with Gasteiger partial charge in [-0.2, -0.15) is 0 Å². The molecule has 1 saturated heterocycles. The van der Waals surface area contributed by atoms with Gasteiger partial charge in [0.15, 0.2) is 0 Å². The molecule has 2 N–H and O–H groups in total. The third-order valence-electron chi connectivity index (χ3n) is 5.10. The van der Waals surface area contributed by atoms with Crippen LogP contribution in [0.2, 0.25) is 0 Å². The Morgan fingerprint density at radius 2 is 1.93 bits per heavy atom. The zero-order valence-electron chi connectivity index (χ0n) is 14.9. The molecule has 1 aliphatic heterocycles. The second kappa shape index (κ2) is 6.91. The third kappa shape index (κ3) is 3.45. The van der Waals surface area contributed by atoms with Crippen LogP contribution in [0.1, 0.15) is 12.0 Å². The van der Waals surface area contributed by atoms with Crippen molar-refractivity contribution in [1.29, 1.82) is 0 Å². The number of fused-ring (bicyclic) bond motifs is 1. The molecule has 1 aromatic heterocycles. The zero-order valence-corrected chi connectivity index (χ0v) is 14.9. The molecule has 0 saturated carbocycles. The molecule has 0 radical (unpaired) electrons. The quantitative estimate of drug-likeness (QED) is 0.660. The summed E-state index contributed by atoms with van der Waals surface area (Å²) in [7, 11) is 0. The van der Waals surface area contributed by atoms with Gasteiger partial charge in [0.2, 0.25) is 0 Å². The van der Waals surface area contributed by atoms with E-state index in [1.54, 1.807) is 0 Å². The van der Waals surface area contributed by atoms with Gasteiger partial charge in [-0.05, 0) is 48.4 Å². The lowest BCUT2D eigenvalue weighted by Crippen LogP contribution is -2.21. The lowest BCUT2D eigenvalue weighted by atomic mass is 10.0. The van der Waals surface area contributed by atoms with Gasteiger partial charge in [-0.1, -0.05) is 13.2 Å². The van der Waals surface area contributed by atoms with Crippen LogP contribution < -0.4 is 10.2 Å². The standard InChI is InChI=1S/C22H21F2N3/c1-14(26-13-16-9-18(23)12-19(24)10-16)21-6-8-27(15(21)2)20-3-4-22-17(11-20)5-7-25-22/h3-5,7,9-12,21,25-26H,1-2,6,8,13H2. The van der Waals surface area contributed by atoms with Gasteiger partial charge in [0.25, 0.3) is 0 Å². The van der Waals surface area contributed by atoms with Crippen molar-refractivity contribution in [1.82, 2.24) is 10.3 Å². The molecule has 138 valence electrons. The van der Waals surface area contributed by atoms with Crippen LogP contribution >= 0.6 is 0 Å². The summed E-state index contributed by atoms with van der Waals surface area (Å²) >= 11 is 0. The molecule has 0 bridgehead atoms. The summed E-state index contributed by atoms with van der Waals surface area (Å²) < 4.78 is 26.7. The van der Waals surface area contributed by atoms with Crippen molar-refractivity contribution in [2.75, 3.05) is 11.4 Å². The van der Waals surface area contributed by atoms with E-state index in [4.69, 9.17) is 0 Å². The van der Waals surface area contributed by atoms with Crippen molar-refractivity contribution < 1.29 is 8.78 Å². The number of H-pyrrole nitrogens is 1. The zero-order chi connectivity index (χ0) is 19.0. The predicted octanol–water partition coefficient (Wildman–Crippen LogP) is 5.09. The first-order valence-electron chi connectivity index (χ1n) is 8.92. The second-order valence-corrected chi connectivity index (χ2v) is 6.89. The molecule has 0 aliphatic carbocycles. The van der Waals surface area contributed by atoms with Crippen LogP contribution in [0.25, 0.3) is 10.9 Å². The number of halogens is 2. The maximum atomic E-state index is 13.3. The number of nitrogens with zero attached hydrogens (tertiary/aromatic N) is 1. The van der Waals surface area contributed by atoms with E-state index in [0.717, 1.165) is 47.0 Å². The van der Waals surface area contributed by atoms with E-state index in [2.05, 4.69) is 46.6 Å². The van der Waals surface area contributed by atoms with E-state index in [9.17, 15) is 8.78 Å². The van der Waals surface area contributed by atoms with Gasteiger partial charge in [0.05, 0.1) is 0 Å². The first-order chi connectivity index (χ1) is 13.0. The van der Waals surface area contributed by atoms with Crippen LogP contribution in [-0.2, 0) is 6.54 Å². The minimum atomic E-state index is -0.575. The largest absolute Gasteiger partial charge is 0.384 e. The minimum absolute atomic E-state index is 0.0883. The van der Waals surface area contributed by atoms with Gasteiger partial charge in [-0.15, -0.1) is 0 Å². The average Bonchev–Trinajstić information content (AvgIpc) is 3.24. The average molecular weight is 365 g/mol. The number of rotatable bonds is 5. The van der Waals surface area contributed by atoms with E-state index in [0.29, 0.717) is 12.1 Å². The summed E-state index contributed by atoms with van der Waals surface area (Å²) in [4.78, 5) is 5.40. The fraction of sp³-hybridized carbons (Fsp3) is 0.182. The van der Waals surface area contributed by atoms with Crippen LogP contribution in [-0.4, -0.2) is 11.5 Å². The number of anilines is 1. The SMILES string of the molecule is C=C(NCc1cc(F)cc(F)c1)C1CCN(c2ccc3[nH]ccc3c2)C1=C. The fourth-order valence-corrected chi connectivity index (χ4v) is 3.69. The molecule has 3 aromatic rings. The predicted molar refractivity (Wildman–Crippen MR) is 105 cm³/mol. The molecule has 1 aliphatic rings. The van der Waals surface area contributed by atoms with E-state index in [-0.39, 0.29) is 5.92 Å². The number of hydrogen-bond donors (Lipinski definition) is 2. The Morgan fingerprint density at radius 3 is 2.70 bits per heavy atom. The Labute approximate surface area is 157 Å². The Kier molecular flexibility index (Phi) is 4.44. The molecule has 1 unspecified atom stereocenters. The molecular formula is C22H21F2N3. The van der Waals surface area contributed by atoms with E-state index >= 15 is 0 Å². The van der Waals surface area contributed by atoms with E-state index in [1.165, 1.54) is 12.1 Å². The topological polar surface area (TPSA) is 31.1 Å². The Hall–Kier alpha value is -3.08. The summed E-state index contributed by atoms with van der Waals surface area (Å²) in [5.41, 5.74) is 4.55. The summed E-state index contributed by atoms with van der Waals surface area (Å²) in [6.07, 6.45) is 2.82. The maximum Gasteiger partial charge on any atom is 0.126 e. The number of nitrogens with one attached hydrogen (secondary N) is 2. The van der Waals surface area contributed by atoms with Gasteiger partial charge in [-0.3, -0.25) is 0 Å². The third-order valence-corrected chi connectivity index (χ3v) is 5.10. The number of aromatic nitrogens is 1. The molecule has 5 heteroatoms. The molecule has 0 spiro atoms. The fourth-order valence-electron chi connectivity index (χ4n) is 3.69. The molecule has 1 fully saturated rings. The molecule has 1 atom stereocenters. The Morgan fingerprint density at radius 1 is 1.15 bits per heavy atom. The molecule has 0 amide bonds. The summed E-state index contributed by atoms with van der Waals surface area (Å²) in [5, 5.41) is 4.36. The van der Waals surface area contributed by atoms with Gasteiger partial charge < -0.3 is 15.2 Å². The Balaban J connectivity index is 1.43. The van der Waals surface area contributed by atoms with Crippen molar-refractivity contribution in [3.05, 3.63) is 90.4 Å². The molecule has 3 nitrogen and oxygen atoms in total. The molecular weight excluding hydrogens is 344 g/mol. The highest BCUT2D eigenvalue weighted by atomic mass is 19.1. The normalized spacial score (nSPS) is 16.9. The maximum absolute atomic E-state index is 13.3. The minimum Gasteiger partial charge on any atom is -0.384 e. The highest BCUT2D eigenvalue weighted by molar-refractivity contribution is 5.83. The lowest BCUT2D eigenvalue weighted by Gasteiger charge is -2.23. The first-order valence-corrected chi connectivity index (χ1v) is 8.92. The molecule has 27 heavy (non-hydrogen) atoms. The van der Waals surface area contributed by atoms with Crippen molar-refractivity contribution in [3.63, 3.8) is 0 Å². The van der Waals surface area contributed by atoms with Gasteiger partial charge in [0.1, 0.15) is 11.6 Å². The van der Waals surface area contributed by atoms with Crippen LogP contribution in [0.15, 0.2) is 73.2 Å². The van der Waals surface area contributed by atoms with Crippen LogP contribution in [0, 0.1) is 17.6 Å². The summed E-state index contributed by atoms with van der Waals surface area (Å²) in [6.45, 7) is 9.57. The van der Waals surface area contributed by atoms with Gasteiger partial charge in [-0.25, -0.2) is 8.78 Å². The second-order valence-electron chi connectivity index (χ2n) is 6.89. The van der Waals surface area contributed by atoms with Crippen LogP contribution in [0.5, 0.6) is 0 Å². The number of benzene rings is 2. The van der Waals surface area contributed by atoms with E-state index < -0.39 is 11.6 Å². The van der Waals surface area contributed by atoms with Crippen LogP contribution in [0.4, 0.5) is 14.5 Å². The van der Waals surface area contributed by atoms with Gasteiger partial charge in [0, 0.05) is 59.3 Å². The lowest BCUT2D eigenvalue weighted by molar-refractivity contribution is 0.575.